The van der Waals surface area contributed by atoms with Crippen molar-refractivity contribution in [1.82, 2.24) is 24.7 Å². The highest BCUT2D eigenvalue weighted by molar-refractivity contribution is 8.00. The fourth-order valence-electron chi connectivity index (χ4n) is 4.08. The molecule has 0 aliphatic carbocycles. The Hall–Kier alpha value is -3.98. The van der Waals surface area contributed by atoms with Gasteiger partial charge in [-0.3, -0.25) is 14.5 Å². The Labute approximate surface area is 212 Å². The number of thioether (sulfide) groups is 1. The number of nitrogens with two attached hydrogens (primary N) is 1. The molecule has 5 heterocycles. The zero-order valence-corrected chi connectivity index (χ0v) is 20.5. The second-order valence-electron chi connectivity index (χ2n) is 7.86. The van der Waals surface area contributed by atoms with E-state index in [2.05, 4.69) is 24.9 Å². The number of nitrogens with one attached hydrogen (secondary N) is 2. The lowest BCUT2D eigenvalue weighted by molar-refractivity contribution is -0.576. The molecule has 5 N–H and O–H groups in total. The van der Waals surface area contributed by atoms with E-state index in [4.69, 9.17) is 10.6 Å². The molecular formula is C21H21N8O5S2+. The number of hydrogen-bond donors (Lipinski definition) is 4. The van der Waals surface area contributed by atoms with Crippen LogP contribution in [-0.4, -0.2) is 71.7 Å². The van der Waals surface area contributed by atoms with Crippen LogP contribution in [0.15, 0.2) is 47.0 Å². The Morgan fingerprint density at radius 2 is 2.28 bits per heavy atom. The molecule has 2 aliphatic rings. The van der Waals surface area contributed by atoms with Crippen LogP contribution in [0, 0.1) is 0 Å². The molecule has 36 heavy (non-hydrogen) atoms. The number of aromatic nitrogens is 4. The number of H-pyrrole nitrogens is 1. The number of anilines is 1. The van der Waals surface area contributed by atoms with Crippen LogP contribution in [0.1, 0.15) is 18.3 Å². The summed E-state index contributed by atoms with van der Waals surface area (Å²) in [6, 6.07) is 4.77. The van der Waals surface area contributed by atoms with Gasteiger partial charge in [-0.15, -0.1) is 11.8 Å². The van der Waals surface area contributed by atoms with E-state index in [0.717, 1.165) is 22.6 Å². The first-order chi connectivity index (χ1) is 17.4. The van der Waals surface area contributed by atoms with E-state index in [1.165, 1.54) is 16.7 Å². The highest BCUT2D eigenvalue weighted by atomic mass is 32.2. The van der Waals surface area contributed by atoms with E-state index in [9.17, 15) is 19.5 Å². The van der Waals surface area contributed by atoms with Gasteiger partial charge in [0.05, 0.1) is 11.8 Å². The number of nitrogens with zero attached hydrogens (tertiary/aromatic N) is 5. The van der Waals surface area contributed by atoms with Gasteiger partial charge in [-0.1, -0.05) is 9.67 Å². The van der Waals surface area contributed by atoms with Gasteiger partial charge in [0.25, 0.3) is 11.8 Å². The Morgan fingerprint density at radius 3 is 3.00 bits per heavy atom. The summed E-state index contributed by atoms with van der Waals surface area (Å²) in [6.45, 7) is 1.90. The third-order valence-electron chi connectivity index (χ3n) is 5.66. The minimum absolute atomic E-state index is 0.0200. The fourth-order valence-corrected chi connectivity index (χ4v) is 5.86. The highest BCUT2D eigenvalue weighted by Crippen LogP contribution is 2.41. The van der Waals surface area contributed by atoms with Crippen molar-refractivity contribution >= 4 is 57.4 Å². The summed E-state index contributed by atoms with van der Waals surface area (Å²) in [5.41, 5.74) is 7.79. The van der Waals surface area contributed by atoms with Crippen LogP contribution >= 0.6 is 23.3 Å². The molecule has 15 heteroatoms. The summed E-state index contributed by atoms with van der Waals surface area (Å²) in [7, 11) is 0. The van der Waals surface area contributed by atoms with E-state index >= 15 is 0 Å². The monoisotopic (exact) mass is 529 g/mol. The highest BCUT2D eigenvalue weighted by Gasteiger charge is 2.54. The normalized spacial score (nSPS) is 19.8. The lowest BCUT2D eigenvalue weighted by atomic mass is 9.99. The number of carboxylic acid groups (broad SMARTS) is 1. The van der Waals surface area contributed by atoms with Crippen LogP contribution < -0.4 is 15.6 Å². The number of β-lactam (4-membered cyclic amide) rings is 1. The first-order valence-electron chi connectivity index (χ1n) is 10.9. The standard InChI is InChI=1S/C21H20N8O5S2/c1-2-34-26-13(16-25-21(22)36-27-16)17(30)24-14-18(31)29-15(20(32)33)11(9-35-19(14)29)7-10-8-23-28-6-4-3-5-12(10)28/h3-6,8,14,19H,2,7,9H2,1H3,(H4,22,24,25,27,30,32,33)/p+1/b26-13-/t14-,19+/m1/s1. The lowest BCUT2D eigenvalue weighted by Gasteiger charge is -2.49. The fraction of sp³-hybridized carbons (Fsp3) is 0.286. The summed E-state index contributed by atoms with van der Waals surface area (Å²) in [5, 5.41) is 19.1. The van der Waals surface area contributed by atoms with Crippen molar-refractivity contribution < 1.29 is 28.8 Å². The number of carbonyl (C=O) groups excluding carboxylic acids is 2. The summed E-state index contributed by atoms with van der Waals surface area (Å²) >= 11 is 2.28. The summed E-state index contributed by atoms with van der Waals surface area (Å²) in [6.07, 6.45) is 4.04. The number of carbonyl (C=O) groups is 3. The van der Waals surface area contributed by atoms with Crippen molar-refractivity contribution in [3.8, 4) is 0 Å². The predicted molar refractivity (Wildman–Crippen MR) is 130 cm³/mol. The molecular weight excluding hydrogens is 508 g/mol. The maximum Gasteiger partial charge on any atom is 0.352 e. The first kappa shape index (κ1) is 23.7. The molecule has 0 unspecified atom stereocenters. The summed E-state index contributed by atoms with van der Waals surface area (Å²) < 4.78 is 5.82. The van der Waals surface area contributed by atoms with Gasteiger partial charge in [-0.2, -0.15) is 14.5 Å². The molecule has 3 aromatic rings. The second-order valence-corrected chi connectivity index (χ2v) is 9.75. The quantitative estimate of drug-likeness (QED) is 0.134. The number of nitrogen functional groups attached to an aromatic ring is 1. The lowest BCUT2D eigenvalue weighted by Crippen LogP contribution is -2.71. The van der Waals surface area contributed by atoms with Crippen LogP contribution in [0.4, 0.5) is 5.13 Å². The largest absolute Gasteiger partial charge is 0.477 e. The van der Waals surface area contributed by atoms with Crippen LogP contribution in [0.3, 0.4) is 0 Å². The third-order valence-corrected chi connectivity index (χ3v) is 7.54. The summed E-state index contributed by atoms with van der Waals surface area (Å²) in [4.78, 5) is 48.4. The molecule has 2 amide bonds. The third kappa shape index (κ3) is 4.15. The number of hydrogen-bond acceptors (Lipinski definition) is 10. The molecule has 2 atom stereocenters. The van der Waals surface area contributed by atoms with E-state index < -0.39 is 29.2 Å². The molecule has 0 saturated carbocycles. The molecule has 3 aromatic heterocycles. The Balaban J connectivity index is 1.37. The van der Waals surface area contributed by atoms with Gasteiger partial charge in [0.15, 0.2) is 11.3 Å². The van der Waals surface area contributed by atoms with Crippen molar-refractivity contribution in [2.24, 2.45) is 5.16 Å². The maximum absolute atomic E-state index is 13.1. The van der Waals surface area contributed by atoms with Crippen LogP contribution in [0.2, 0.25) is 0 Å². The average Bonchev–Trinajstić information content (AvgIpc) is 3.48. The van der Waals surface area contributed by atoms with E-state index in [1.54, 1.807) is 6.92 Å². The van der Waals surface area contributed by atoms with Gasteiger partial charge in [-0.25, -0.2) is 4.79 Å². The second kappa shape index (κ2) is 9.58. The van der Waals surface area contributed by atoms with Crippen molar-refractivity contribution in [3.63, 3.8) is 0 Å². The molecule has 186 valence electrons. The topological polar surface area (TPSA) is 180 Å². The van der Waals surface area contributed by atoms with Gasteiger partial charge in [0.1, 0.15) is 23.7 Å². The molecule has 0 radical (unpaired) electrons. The van der Waals surface area contributed by atoms with Crippen molar-refractivity contribution in [2.45, 2.75) is 24.8 Å². The van der Waals surface area contributed by atoms with Gasteiger partial charge < -0.3 is 21.0 Å². The number of carboxylic acids is 1. The minimum Gasteiger partial charge on any atom is -0.477 e. The number of rotatable bonds is 8. The van der Waals surface area contributed by atoms with Gasteiger partial charge in [0.2, 0.25) is 17.1 Å². The van der Waals surface area contributed by atoms with Gasteiger partial charge >= 0.3 is 5.97 Å². The summed E-state index contributed by atoms with van der Waals surface area (Å²) in [5.74, 6) is -2.07. The zero-order chi connectivity index (χ0) is 25.4. The molecule has 5 rings (SSSR count). The Bertz CT molecular complexity index is 1430. The van der Waals surface area contributed by atoms with E-state index in [-0.39, 0.29) is 29.0 Å². The van der Waals surface area contributed by atoms with E-state index in [0.29, 0.717) is 17.7 Å². The maximum atomic E-state index is 13.1. The van der Waals surface area contributed by atoms with Crippen LogP contribution in [0.5, 0.6) is 0 Å². The van der Waals surface area contributed by atoms with Gasteiger partial charge in [-0.05, 0) is 18.6 Å². The smallest absolute Gasteiger partial charge is 0.352 e. The molecule has 0 spiro atoms. The van der Waals surface area contributed by atoms with Crippen molar-refractivity contribution in [3.05, 3.63) is 53.3 Å². The molecule has 0 bridgehead atoms. The molecule has 13 nitrogen and oxygen atoms in total. The predicted octanol–water partition coefficient (Wildman–Crippen LogP) is -0.0910. The number of fused-ring (bicyclic) bond motifs is 2. The first-order valence-corrected chi connectivity index (χ1v) is 12.7. The van der Waals surface area contributed by atoms with Crippen molar-refractivity contribution in [2.75, 3.05) is 18.1 Å². The number of aromatic amines is 1. The Kier molecular flexibility index (Phi) is 6.32. The van der Waals surface area contributed by atoms with Gasteiger partial charge in [0, 0.05) is 35.8 Å². The molecule has 1 fully saturated rings. The number of aliphatic carboxylic acids is 1. The average molecular weight is 530 g/mol. The van der Waals surface area contributed by atoms with E-state index in [1.807, 2.05) is 35.1 Å². The van der Waals surface area contributed by atoms with Crippen LogP contribution in [0.25, 0.3) is 5.52 Å². The molecule has 1 saturated heterocycles. The SMILES string of the molecule is CCO/N=C(\C(=O)N[C@@H]1C(=O)N2C(C(=O)O)=C(Cc3c[nH][n+]4ccccc34)CS[C@@H]12)c1nsc(N)n1. The number of oxime groups is 1. The molecule has 2 aliphatic heterocycles. The number of amides is 2. The minimum atomic E-state index is -1.19. The van der Waals surface area contributed by atoms with Crippen molar-refractivity contribution in [1.29, 1.82) is 0 Å². The Morgan fingerprint density at radius 1 is 1.44 bits per heavy atom. The molecule has 0 aromatic carbocycles. The zero-order valence-electron chi connectivity index (χ0n) is 18.9. The number of pyridine rings is 1. The van der Waals surface area contributed by atoms with Crippen LogP contribution in [-0.2, 0) is 25.6 Å².